The number of benzene rings is 2. The molecule has 50 heavy (non-hydrogen) atoms. The van der Waals surface area contributed by atoms with Crippen LogP contribution in [-0.4, -0.2) is 121 Å². The van der Waals surface area contributed by atoms with Gasteiger partial charge in [-0.25, -0.2) is 9.98 Å². The van der Waals surface area contributed by atoms with Crippen molar-refractivity contribution in [2.75, 3.05) is 78.9 Å². The first-order valence-corrected chi connectivity index (χ1v) is 15.5. The van der Waals surface area contributed by atoms with E-state index in [0.717, 1.165) is 111 Å². The zero-order valence-corrected chi connectivity index (χ0v) is 28.9. The molecule has 0 amide bonds. The van der Waals surface area contributed by atoms with Gasteiger partial charge in [-0.2, -0.15) is 0 Å². The summed E-state index contributed by atoms with van der Waals surface area (Å²) in [5.74, 6) is 1.96. The fraction of sp³-hybridized carbons (Fsp3) is 0.533. The third kappa shape index (κ3) is 19.0. The number of aliphatic imine (C=N–C) groups is 2. The fourth-order valence-corrected chi connectivity index (χ4v) is 4.94. The smallest absolute Gasteiger partial charge is 0.291 e. The Morgan fingerprint density at radius 1 is 0.680 bits per heavy atom. The van der Waals surface area contributed by atoms with E-state index in [2.05, 4.69) is 19.8 Å². The van der Waals surface area contributed by atoms with Crippen LogP contribution in [0.2, 0.25) is 0 Å². The van der Waals surface area contributed by atoms with Gasteiger partial charge in [-0.15, -0.1) is 20.2 Å². The van der Waals surface area contributed by atoms with E-state index in [4.69, 9.17) is 72.5 Å². The molecule has 2 fully saturated rings. The van der Waals surface area contributed by atoms with Gasteiger partial charge in [0.25, 0.3) is 10.2 Å². The maximum absolute atomic E-state index is 8.36. The Labute approximate surface area is 290 Å². The summed E-state index contributed by atoms with van der Waals surface area (Å²) in [5.41, 5.74) is 27.3. The minimum absolute atomic E-state index is 0.0646. The highest BCUT2D eigenvalue weighted by molar-refractivity contribution is 5.79. The van der Waals surface area contributed by atoms with Gasteiger partial charge in [-0.05, 0) is 74.2 Å². The molecule has 0 aromatic heterocycles. The minimum Gasteiger partial charge on any atom is -0.492 e. The number of nitrogens with zero attached hydrogens (tertiary/aromatic N) is 6. The highest BCUT2D eigenvalue weighted by Gasteiger charge is 2.13. The maximum Gasteiger partial charge on any atom is 0.291 e. The van der Waals surface area contributed by atoms with Crippen molar-refractivity contribution in [1.82, 2.24) is 9.80 Å². The largest absolute Gasteiger partial charge is 0.492 e. The molecule has 0 saturated carbocycles. The Hall–Kier alpha value is -5.18. The number of morpholine rings is 2. The van der Waals surface area contributed by atoms with E-state index in [1.807, 2.05) is 52.0 Å². The molecule has 4 rings (SSSR count). The first-order chi connectivity index (χ1) is 23.6. The Kier molecular flexibility index (Phi) is 19.9. The standard InChI is InChI=1S/2C15H24N4O2.2HNO3/c2*1-11-9-13(18-15(16)17)10-12(2)14(11)21-8-5-19-3-6-20-7-4-19;2*2-1(3)4/h2*9-10H,3-8H2,1-2H3,(H4,16,17,18);2*(H,2,3,4). The van der Waals surface area contributed by atoms with Crippen LogP contribution in [-0.2, 0) is 9.47 Å². The lowest BCUT2D eigenvalue weighted by molar-refractivity contribution is -0.742. The first kappa shape index (κ1) is 42.8. The molecule has 0 atom stereocenters. The molecule has 0 bridgehead atoms. The van der Waals surface area contributed by atoms with Gasteiger partial charge in [-0.3, -0.25) is 9.80 Å². The van der Waals surface area contributed by atoms with Crippen LogP contribution in [0.5, 0.6) is 11.5 Å². The molecule has 280 valence electrons. The van der Waals surface area contributed by atoms with Gasteiger partial charge < -0.3 is 52.3 Å². The second-order valence-electron chi connectivity index (χ2n) is 11.0. The first-order valence-electron chi connectivity index (χ1n) is 15.5. The van der Waals surface area contributed by atoms with E-state index in [1.54, 1.807) is 0 Å². The molecule has 2 aliphatic heterocycles. The lowest BCUT2D eigenvalue weighted by atomic mass is 10.1. The van der Waals surface area contributed by atoms with Crippen LogP contribution in [0, 0.1) is 47.9 Å². The van der Waals surface area contributed by atoms with Gasteiger partial charge >= 0.3 is 0 Å². The minimum atomic E-state index is -1.50. The van der Waals surface area contributed by atoms with Crippen molar-refractivity contribution in [2.45, 2.75) is 27.7 Å². The Bertz CT molecular complexity index is 1250. The molecule has 0 aliphatic carbocycles. The van der Waals surface area contributed by atoms with Gasteiger partial charge in [0.1, 0.15) is 24.7 Å². The van der Waals surface area contributed by atoms with Crippen LogP contribution in [0.3, 0.4) is 0 Å². The Morgan fingerprint density at radius 3 is 1.18 bits per heavy atom. The molecule has 0 spiro atoms. The van der Waals surface area contributed by atoms with E-state index in [0.29, 0.717) is 13.2 Å². The summed E-state index contributed by atoms with van der Waals surface area (Å²) in [6, 6.07) is 7.71. The summed E-state index contributed by atoms with van der Waals surface area (Å²) in [6.07, 6.45) is 0. The van der Waals surface area contributed by atoms with Crippen molar-refractivity contribution in [3.05, 3.63) is 66.7 Å². The highest BCUT2D eigenvalue weighted by atomic mass is 16.9. The highest BCUT2D eigenvalue weighted by Crippen LogP contribution is 2.29. The predicted molar refractivity (Wildman–Crippen MR) is 186 cm³/mol. The number of nitrogens with two attached hydrogens (primary N) is 4. The number of rotatable bonds is 10. The zero-order chi connectivity index (χ0) is 37.6. The number of hydrogen-bond acceptors (Lipinski definition) is 12. The summed E-state index contributed by atoms with van der Waals surface area (Å²) in [4.78, 5) is 29.6. The fourth-order valence-electron chi connectivity index (χ4n) is 4.94. The lowest BCUT2D eigenvalue weighted by Gasteiger charge is -2.26. The molecule has 0 unspecified atom stereocenters. The van der Waals surface area contributed by atoms with Gasteiger partial charge in [-0.1, -0.05) is 0 Å². The average Bonchev–Trinajstić information content (AvgIpc) is 3.00. The van der Waals surface area contributed by atoms with E-state index < -0.39 is 10.2 Å². The van der Waals surface area contributed by atoms with Crippen LogP contribution in [0.25, 0.3) is 0 Å². The molecule has 0 radical (unpaired) electrons. The molecule has 2 saturated heterocycles. The quantitative estimate of drug-likeness (QED) is 0.0871. The molecule has 20 heteroatoms. The molecular formula is C30H50N10O10. The second-order valence-corrected chi connectivity index (χ2v) is 11.0. The van der Waals surface area contributed by atoms with Crippen LogP contribution in [0.4, 0.5) is 11.4 Å². The SMILES string of the molecule is Cc1cc(N=C(N)N)cc(C)c1OCCN1CCOCC1.Cc1cc(N=C(N)N)cc(C)c1OCCN1CCOCC1.O=[N+]([O-])O.O=[N+]([O-])O. The summed E-state index contributed by atoms with van der Waals surface area (Å²) in [6.45, 7) is 18.3. The van der Waals surface area contributed by atoms with Crippen LogP contribution in [0.1, 0.15) is 22.3 Å². The van der Waals surface area contributed by atoms with Crippen LogP contribution < -0.4 is 32.4 Å². The van der Waals surface area contributed by atoms with Gasteiger partial charge in [0.2, 0.25) is 0 Å². The number of ether oxygens (including phenoxy) is 4. The molecule has 2 aromatic carbocycles. The van der Waals surface area contributed by atoms with Crippen molar-refractivity contribution < 1.29 is 39.5 Å². The van der Waals surface area contributed by atoms with E-state index >= 15 is 0 Å². The zero-order valence-electron chi connectivity index (χ0n) is 28.9. The molecule has 20 nitrogen and oxygen atoms in total. The maximum atomic E-state index is 8.36. The van der Waals surface area contributed by atoms with Crippen LogP contribution >= 0.6 is 0 Å². The van der Waals surface area contributed by atoms with Crippen molar-refractivity contribution in [3.8, 4) is 11.5 Å². The average molecular weight is 711 g/mol. The van der Waals surface area contributed by atoms with Gasteiger partial charge in [0.15, 0.2) is 11.9 Å². The molecule has 2 aromatic rings. The molecule has 2 aliphatic rings. The van der Waals surface area contributed by atoms with Crippen molar-refractivity contribution in [3.63, 3.8) is 0 Å². The predicted octanol–water partition coefficient (Wildman–Crippen LogP) is 1.14. The number of guanidine groups is 2. The summed E-state index contributed by atoms with van der Waals surface area (Å²) in [7, 11) is 0. The molecular weight excluding hydrogens is 660 g/mol. The van der Waals surface area contributed by atoms with Crippen molar-refractivity contribution >= 4 is 23.3 Å². The third-order valence-corrected chi connectivity index (χ3v) is 6.92. The summed E-state index contributed by atoms with van der Waals surface area (Å²) < 4.78 is 22.5. The summed E-state index contributed by atoms with van der Waals surface area (Å²) in [5, 5.41) is 27.3. The van der Waals surface area contributed by atoms with E-state index in [1.165, 1.54) is 0 Å². The van der Waals surface area contributed by atoms with E-state index in [-0.39, 0.29) is 11.9 Å². The summed E-state index contributed by atoms with van der Waals surface area (Å²) >= 11 is 0. The topological polar surface area (TPSA) is 299 Å². The molecule has 2 heterocycles. The van der Waals surface area contributed by atoms with E-state index in [9.17, 15) is 0 Å². The molecule has 10 N–H and O–H groups in total. The monoisotopic (exact) mass is 710 g/mol. The van der Waals surface area contributed by atoms with Crippen molar-refractivity contribution in [2.24, 2.45) is 32.9 Å². The van der Waals surface area contributed by atoms with Gasteiger partial charge in [0.05, 0.1) is 37.8 Å². The van der Waals surface area contributed by atoms with Crippen molar-refractivity contribution in [1.29, 1.82) is 0 Å². The second kappa shape index (κ2) is 23.2. The normalized spacial score (nSPS) is 14.2. The van der Waals surface area contributed by atoms with Crippen LogP contribution in [0.15, 0.2) is 34.3 Å². The number of hydrogen-bond donors (Lipinski definition) is 6. The number of aryl methyl sites for hydroxylation is 4. The Morgan fingerprint density at radius 2 is 0.940 bits per heavy atom. The third-order valence-electron chi connectivity index (χ3n) is 6.92. The lowest BCUT2D eigenvalue weighted by Crippen LogP contribution is -2.38. The van der Waals surface area contributed by atoms with Gasteiger partial charge in [0, 0.05) is 39.3 Å². The Balaban J connectivity index is 0.000000412.